The Bertz CT molecular complexity index is 867. The molecule has 0 fully saturated rings. The second-order valence-corrected chi connectivity index (χ2v) is 5.10. The van der Waals surface area contributed by atoms with Gasteiger partial charge in [-0.3, -0.25) is 9.32 Å². The number of hydrogen-bond acceptors (Lipinski definition) is 5. The van der Waals surface area contributed by atoms with Crippen molar-refractivity contribution in [2.75, 3.05) is 0 Å². The summed E-state index contributed by atoms with van der Waals surface area (Å²) in [5.74, 6) is -0.288. The van der Waals surface area contributed by atoms with Gasteiger partial charge in [0.05, 0.1) is 17.8 Å². The van der Waals surface area contributed by atoms with E-state index >= 15 is 0 Å². The van der Waals surface area contributed by atoms with Crippen LogP contribution >= 0.6 is 11.6 Å². The number of hydrogen-bond donors (Lipinski definition) is 1. The fourth-order valence-corrected chi connectivity index (χ4v) is 2.26. The van der Waals surface area contributed by atoms with E-state index in [2.05, 4.69) is 15.0 Å². The molecule has 0 bridgehead atoms. The lowest BCUT2D eigenvalue weighted by Crippen LogP contribution is -2.30. The van der Waals surface area contributed by atoms with Gasteiger partial charge in [0, 0.05) is 5.56 Å². The molecule has 0 unspecified atom stereocenters. The second-order valence-electron chi connectivity index (χ2n) is 4.69. The van der Waals surface area contributed by atoms with Gasteiger partial charge in [-0.05, 0) is 24.3 Å². The number of halogens is 1. The van der Waals surface area contributed by atoms with Crippen molar-refractivity contribution in [3.63, 3.8) is 0 Å². The van der Waals surface area contributed by atoms with Crippen molar-refractivity contribution in [1.29, 1.82) is 0 Å². The van der Waals surface area contributed by atoms with Crippen molar-refractivity contribution in [2.45, 2.75) is 13.1 Å². The van der Waals surface area contributed by atoms with Crippen LogP contribution in [0.3, 0.4) is 0 Å². The average Bonchev–Trinajstić information content (AvgIpc) is 3.17. The molecule has 2 aromatic heterocycles. The zero-order chi connectivity index (χ0) is 16.2. The lowest BCUT2D eigenvalue weighted by molar-refractivity contribution is -0.122. The molecule has 0 spiro atoms. The summed E-state index contributed by atoms with van der Waals surface area (Å²) in [4.78, 5) is 23.8. The number of carbonyl (C=O) groups excluding carboxylic acids is 1. The molecule has 1 N–H and O–H groups in total. The fraction of sp³-hybridized carbons (Fsp3) is 0.133. The van der Waals surface area contributed by atoms with Gasteiger partial charge < -0.3 is 9.73 Å². The first-order chi connectivity index (χ1) is 11.1. The second kappa shape index (κ2) is 6.53. The average molecular weight is 334 g/mol. The largest absolute Gasteiger partial charge is 0.467 e. The van der Waals surface area contributed by atoms with Gasteiger partial charge >= 0.3 is 5.76 Å². The number of rotatable bonds is 5. The van der Waals surface area contributed by atoms with Gasteiger partial charge in [0.15, 0.2) is 5.82 Å². The Labute approximate surface area is 135 Å². The minimum atomic E-state index is -0.729. The topological polar surface area (TPSA) is 90.3 Å². The van der Waals surface area contributed by atoms with Crippen LogP contribution in [0, 0.1) is 0 Å². The number of furan rings is 1. The Hall–Kier alpha value is -2.80. The summed E-state index contributed by atoms with van der Waals surface area (Å²) < 4.78 is 10.9. The van der Waals surface area contributed by atoms with Gasteiger partial charge in [-0.1, -0.05) is 28.9 Å². The van der Waals surface area contributed by atoms with E-state index in [1.807, 2.05) is 0 Å². The maximum atomic E-state index is 12.0. The van der Waals surface area contributed by atoms with Crippen LogP contribution in [0.4, 0.5) is 0 Å². The molecule has 8 heteroatoms. The quantitative estimate of drug-likeness (QED) is 0.772. The Balaban J connectivity index is 1.78. The van der Waals surface area contributed by atoms with Crippen LogP contribution in [0.1, 0.15) is 5.76 Å². The highest BCUT2D eigenvalue weighted by Crippen LogP contribution is 2.25. The Morgan fingerprint density at radius 2 is 2.09 bits per heavy atom. The molecular weight excluding hydrogens is 322 g/mol. The third kappa shape index (κ3) is 3.35. The highest BCUT2D eigenvalue weighted by atomic mass is 35.5. The van der Waals surface area contributed by atoms with E-state index in [1.165, 1.54) is 6.26 Å². The first kappa shape index (κ1) is 15.1. The van der Waals surface area contributed by atoms with Gasteiger partial charge in [0.2, 0.25) is 5.91 Å². The molecule has 0 saturated carbocycles. The highest BCUT2D eigenvalue weighted by molar-refractivity contribution is 6.33. The van der Waals surface area contributed by atoms with Crippen molar-refractivity contribution in [2.24, 2.45) is 0 Å². The van der Waals surface area contributed by atoms with Crippen molar-refractivity contribution in [1.82, 2.24) is 15.0 Å². The molecule has 23 heavy (non-hydrogen) atoms. The van der Waals surface area contributed by atoms with E-state index in [1.54, 1.807) is 36.4 Å². The first-order valence-electron chi connectivity index (χ1n) is 6.75. The van der Waals surface area contributed by atoms with Gasteiger partial charge in [0.25, 0.3) is 0 Å². The van der Waals surface area contributed by atoms with Crippen LogP contribution in [0.2, 0.25) is 5.02 Å². The normalized spacial score (nSPS) is 10.7. The van der Waals surface area contributed by atoms with Crippen LogP contribution in [0.25, 0.3) is 11.4 Å². The molecule has 2 heterocycles. The molecule has 0 aliphatic heterocycles. The Morgan fingerprint density at radius 1 is 1.26 bits per heavy atom. The number of aromatic nitrogens is 2. The third-order valence-electron chi connectivity index (χ3n) is 3.14. The lowest BCUT2D eigenvalue weighted by atomic mass is 10.2. The minimum Gasteiger partial charge on any atom is -0.467 e. The molecule has 3 rings (SSSR count). The smallest absolute Gasteiger partial charge is 0.442 e. The number of nitrogens with zero attached hydrogens (tertiary/aromatic N) is 2. The SMILES string of the molecule is O=C(Cn1c(-c2ccccc2Cl)noc1=O)NCc1ccco1. The maximum absolute atomic E-state index is 12.0. The van der Waals surface area contributed by atoms with Crippen molar-refractivity contribution in [3.05, 3.63) is 64.0 Å². The molecule has 118 valence electrons. The number of carbonyl (C=O) groups is 1. The third-order valence-corrected chi connectivity index (χ3v) is 3.47. The van der Waals surface area contributed by atoms with E-state index in [0.717, 1.165) is 4.57 Å². The highest BCUT2D eigenvalue weighted by Gasteiger charge is 2.17. The molecule has 0 aliphatic rings. The summed E-state index contributed by atoms with van der Waals surface area (Å²) in [5, 5.41) is 6.76. The molecule has 1 aromatic carbocycles. The van der Waals surface area contributed by atoms with Gasteiger partial charge in [-0.25, -0.2) is 9.36 Å². The predicted molar refractivity (Wildman–Crippen MR) is 81.8 cm³/mol. The molecule has 0 saturated heterocycles. The monoisotopic (exact) mass is 333 g/mol. The molecule has 3 aromatic rings. The number of amides is 1. The van der Waals surface area contributed by atoms with E-state index in [9.17, 15) is 9.59 Å². The van der Waals surface area contributed by atoms with E-state index < -0.39 is 5.76 Å². The van der Waals surface area contributed by atoms with E-state index in [-0.39, 0.29) is 24.8 Å². The van der Waals surface area contributed by atoms with Gasteiger partial charge in [-0.15, -0.1) is 0 Å². The van der Waals surface area contributed by atoms with E-state index in [0.29, 0.717) is 16.3 Å². The van der Waals surface area contributed by atoms with E-state index in [4.69, 9.17) is 16.0 Å². The predicted octanol–water partition coefficient (Wildman–Crippen LogP) is 2.07. The zero-order valence-corrected chi connectivity index (χ0v) is 12.6. The zero-order valence-electron chi connectivity index (χ0n) is 11.9. The summed E-state index contributed by atoms with van der Waals surface area (Å²) in [6.07, 6.45) is 1.52. The fourth-order valence-electron chi connectivity index (χ4n) is 2.04. The van der Waals surface area contributed by atoms with Gasteiger partial charge in [-0.2, -0.15) is 0 Å². The van der Waals surface area contributed by atoms with Crippen LogP contribution in [0.15, 0.2) is 56.4 Å². The van der Waals surface area contributed by atoms with Crippen molar-refractivity contribution >= 4 is 17.5 Å². The molecule has 7 nitrogen and oxygen atoms in total. The minimum absolute atomic E-state index is 0.203. The van der Waals surface area contributed by atoms with Crippen molar-refractivity contribution in [3.8, 4) is 11.4 Å². The molecule has 1 amide bonds. The maximum Gasteiger partial charge on any atom is 0.442 e. The lowest BCUT2D eigenvalue weighted by Gasteiger charge is -2.06. The van der Waals surface area contributed by atoms with Gasteiger partial charge in [0.1, 0.15) is 12.3 Å². The Morgan fingerprint density at radius 3 is 2.83 bits per heavy atom. The summed E-state index contributed by atoms with van der Waals surface area (Å²) in [7, 11) is 0. The summed E-state index contributed by atoms with van der Waals surface area (Å²) in [6, 6.07) is 10.3. The van der Waals surface area contributed by atoms with Crippen LogP contribution in [-0.2, 0) is 17.9 Å². The molecule has 0 aliphatic carbocycles. The van der Waals surface area contributed by atoms with Crippen LogP contribution in [0.5, 0.6) is 0 Å². The number of nitrogens with one attached hydrogen (secondary N) is 1. The summed E-state index contributed by atoms with van der Waals surface area (Å²) in [6.45, 7) is -0.00309. The first-order valence-corrected chi connectivity index (χ1v) is 7.13. The standard InChI is InChI=1S/C15H12ClN3O4/c16-12-6-2-1-5-11(12)14-18-23-15(21)19(14)9-13(20)17-8-10-4-3-7-22-10/h1-7H,8-9H2,(H,17,20). The number of benzene rings is 1. The molecule has 0 radical (unpaired) electrons. The van der Waals surface area contributed by atoms with Crippen LogP contribution in [-0.4, -0.2) is 15.6 Å². The molecular formula is C15H12ClN3O4. The Kier molecular flexibility index (Phi) is 4.29. The summed E-state index contributed by atoms with van der Waals surface area (Å²) in [5.41, 5.74) is 0.513. The van der Waals surface area contributed by atoms with Crippen molar-refractivity contribution < 1.29 is 13.7 Å². The molecule has 0 atom stereocenters. The van der Waals surface area contributed by atoms with Crippen LogP contribution < -0.4 is 11.1 Å². The summed E-state index contributed by atoms with van der Waals surface area (Å²) >= 11 is 6.10.